The highest BCUT2D eigenvalue weighted by molar-refractivity contribution is 6.01. The van der Waals surface area contributed by atoms with Gasteiger partial charge < -0.3 is 29.3 Å². The van der Waals surface area contributed by atoms with E-state index in [4.69, 9.17) is 24.4 Å². The molecule has 0 aromatic heterocycles. The van der Waals surface area contributed by atoms with E-state index in [-0.39, 0.29) is 18.6 Å². The van der Waals surface area contributed by atoms with Crippen molar-refractivity contribution in [1.29, 1.82) is 0 Å². The fourth-order valence-electron chi connectivity index (χ4n) is 3.57. The molecule has 0 bridgehead atoms. The van der Waals surface area contributed by atoms with Gasteiger partial charge in [0.2, 0.25) is 0 Å². The average Bonchev–Trinajstić information content (AvgIpc) is 2.77. The molecule has 1 aliphatic heterocycles. The Morgan fingerprint density at radius 2 is 1.53 bits per heavy atom. The van der Waals surface area contributed by atoms with Gasteiger partial charge in [-0.15, -0.1) is 0 Å². The number of likely N-dealkylation sites (tertiary alicyclic amines) is 1. The zero-order valence-electron chi connectivity index (χ0n) is 19.4. The molecule has 9 nitrogen and oxygen atoms in total. The van der Waals surface area contributed by atoms with Gasteiger partial charge in [-0.25, -0.2) is 0 Å². The number of ketones is 1. The number of hydrogen-bond donors (Lipinski definition) is 2. The number of ether oxygens (including phenoxy) is 3. The van der Waals surface area contributed by atoms with E-state index in [1.54, 1.807) is 33.5 Å². The normalized spacial score (nSPS) is 15.8. The lowest BCUT2D eigenvalue weighted by molar-refractivity contribution is -0.143. The zero-order valence-corrected chi connectivity index (χ0v) is 19.4. The van der Waals surface area contributed by atoms with Gasteiger partial charge in [0.05, 0.1) is 34.2 Å². The quantitative estimate of drug-likeness (QED) is 0.486. The third-order valence-electron chi connectivity index (χ3n) is 5.17. The maximum absolute atomic E-state index is 12.7. The van der Waals surface area contributed by atoms with Gasteiger partial charge >= 0.3 is 11.9 Å². The summed E-state index contributed by atoms with van der Waals surface area (Å²) in [5, 5.41) is 15.8. The predicted octanol–water partition coefficient (Wildman–Crippen LogP) is 3.34. The molecule has 0 amide bonds. The predicted molar refractivity (Wildman–Crippen MR) is 119 cm³/mol. The van der Waals surface area contributed by atoms with Crippen LogP contribution >= 0.6 is 0 Å². The number of carbonyl (C=O) groups is 3. The SMILES string of the molecule is COc1cc(OC)c(C(=O)CCCN2CCCC(C)C2)c(OC)c1.O=C(O)CCC(=O)O. The first-order valence-electron chi connectivity index (χ1n) is 10.7. The molecule has 0 aliphatic carbocycles. The number of methoxy groups -OCH3 is 3. The first kappa shape index (κ1) is 27.2. The van der Waals surface area contributed by atoms with Crippen LogP contribution in [0.1, 0.15) is 55.8 Å². The van der Waals surface area contributed by atoms with Crippen molar-refractivity contribution in [3.63, 3.8) is 0 Å². The highest BCUT2D eigenvalue weighted by atomic mass is 16.5. The molecule has 2 rings (SSSR count). The molecular formula is C23H35NO8. The van der Waals surface area contributed by atoms with Gasteiger partial charge in [-0.3, -0.25) is 14.4 Å². The number of hydrogen-bond acceptors (Lipinski definition) is 7. The molecule has 2 N–H and O–H groups in total. The average molecular weight is 454 g/mol. The third kappa shape index (κ3) is 9.55. The van der Waals surface area contributed by atoms with Gasteiger partial charge in [0.15, 0.2) is 5.78 Å². The van der Waals surface area contributed by atoms with E-state index in [9.17, 15) is 14.4 Å². The fraction of sp³-hybridized carbons (Fsp3) is 0.609. The van der Waals surface area contributed by atoms with Crippen molar-refractivity contribution in [2.45, 2.75) is 45.4 Å². The Kier molecular flexibility index (Phi) is 12.2. The molecule has 0 saturated carbocycles. The summed E-state index contributed by atoms with van der Waals surface area (Å²) in [6.45, 7) is 5.55. The second-order valence-electron chi connectivity index (χ2n) is 7.77. The minimum absolute atomic E-state index is 0.0522. The number of piperidine rings is 1. The van der Waals surface area contributed by atoms with Gasteiger partial charge in [-0.05, 0) is 38.3 Å². The molecule has 1 aromatic rings. The summed E-state index contributed by atoms with van der Waals surface area (Å²) in [7, 11) is 4.69. The summed E-state index contributed by atoms with van der Waals surface area (Å²) in [5.74, 6) is 0.278. The molecule has 9 heteroatoms. The van der Waals surface area contributed by atoms with Gasteiger partial charge in [0.25, 0.3) is 0 Å². The lowest BCUT2D eigenvalue weighted by Crippen LogP contribution is -2.35. The Bertz CT molecular complexity index is 725. The molecule has 1 unspecified atom stereocenters. The Hall–Kier alpha value is -2.81. The maximum atomic E-state index is 12.7. The minimum Gasteiger partial charge on any atom is -0.496 e. The lowest BCUT2D eigenvalue weighted by Gasteiger charge is -2.30. The van der Waals surface area contributed by atoms with Crippen LogP contribution in [0.15, 0.2) is 12.1 Å². The number of carbonyl (C=O) groups excluding carboxylic acids is 1. The van der Waals surface area contributed by atoms with Crippen LogP contribution in [0, 0.1) is 5.92 Å². The first-order valence-corrected chi connectivity index (χ1v) is 10.7. The van der Waals surface area contributed by atoms with E-state index < -0.39 is 11.9 Å². The number of carboxylic acids is 2. The van der Waals surface area contributed by atoms with Crippen LogP contribution in [-0.2, 0) is 9.59 Å². The van der Waals surface area contributed by atoms with E-state index in [0.717, 1.165) is 32.0 Å². The molecule has 1 atom stereocenters. The third-order valence-corrected chi connectivity index (χ3v) is 5.17. The standard InChI is InChI=1S/C19H29NO4.C4H6O4/c1-14-7-5-9-20(13-14)10-6-8-16(21)19-17(23-3)11-15(22-2)12-18(19)24-4;5-3(6)1-2-4(7)8/h11-12,14H,5-10,13H2,1-4H3;1-2H2,(H,5,6)(H,7,8). The second-order valence-corrected chi connectivity index (χ2v) is 7.77. The highest BCUT2D eigenvalue weighted by Gasteiger charge is 2.21. The number of rotatable bonds is 11. The van der Waals surface area contributed by atoms with Gasteiger partial charge in [0.1, 0.15) is 22.8 Å². The van der Waals surface area contributed by atoms with Crippen LogP contribution in [0.25, 0.3) is 0 Å². The zero-order chi connectivity index (χ0) is 24.1. The van der Waals surface area contributed by atoms with E-state index in [0.29, 0.717) is 29.2 Å². The first-order chi connectivity index (χ1) is 15.2. The van der Waals surface area contributed by atoms with E-state index in [1.165, 1.54) is 12.8 Å². The fourth-order valence-corrected chi connectivity index (χ4v) is 3.57. The molecule has 1 fully saturated rings. The molecule has 1 saturated heterocycles. The number of carboxylic acid groups (broad SMARTS) is 2. The van der Waals surface area contributed by atoms with E-state index in [2.05, 4.69) is 11.8 Å². The number of aliphatic carboxylic acids is 2. The Balaban J connectivity index is 0.000000547. The molecule has 32 heavy (non-hydrogen) atoms. The van der Waals surface area contributed by atoms with Crippen molar-refractivity contribution < 1.29 is 38.8 Å². The summed E-state index contributed by atoms with van der Waals surface area (Å²) in [4.78, 5) is 34.4. The number of benzene rings is 1. The van der Waals surface area contributed by atoms with Crippen LogP contribution in [-0.4, -0.2) is 73.8 Å². The van der Waals surface area contributed by atoms with Gasteiger partial charge in [-0.1, -0.05) is 6.92 Å². The van der Waals surface area contributed by atoms with E-state index >= 15 is 0 Å². The smallest absolute Gasteiger partial charge is 0.303 e. The monoisotopic (exact) mass is 453 g/mol. The molecule has 1 aromatic carbocycles. The summed E-state index contributed by atoms with van der Waals surface area (Å²) < 4.78 is 16.0. The van der Waals surface area contributed by atoms with Crippen molar-refractivity contribution in [3.8, 4) is 17.2 Å². The lowest BCUT2D eigenvalue weighted by atomic mass is 9.99. The number of Topliss-reactive ketones (excluding diaryl/α,β-unsaturated/α-hetero) is 1. The Labute approximate surface area is 189 Å². The largest absolute Gasteiger partial charge is 0.496 e. The van der Waals surface area contributed by atoms with Crippen molar-refractivity contribution >= 4 is 17.7 Å². The summed E-state index contributed by atoms with van der Waals surface area (Å²) in [6, 6.07) is 3.45. The van der Waals surface area contributed by atoms with Gasteiger partial charge in [-0.2, -0.15) is 0 Å². The van der Waals surface area contributed by atoms with Crippen molar-refractivity contribution in [1.82, 2.24) is 4.90 Å². The summed E-state index contributed by atoms with van der Waals surface area (Å²) in [5.41, 5.74) is 0.507. The summed E-state index contributed by atoms with van der Waals surface area (Å²) in [6.07, 6.45) is 3.32. The van der Waals surface area contributed by atoms with Crippen LogP contribution in [0.4, 0.5) is 0 Å². The Morgan fingerprint density at radius 1 is 0.969 bits per heavy atom. The highest BCUT2D eigenvalue weighted by Crippen LogP contribution is 2.35. The molecule has 1 aliphatic rings. The van der Waals surface area contributed by atoms with Crippen LogP contribution in [0.2, 0.25) is 0 Å². The molecule has 1 heterocycles. The molecule has 180 valence electrons. The van der Waals surface area contributed by atoms with Crippen molar-refractivity contribution in [2.75, 3.05) is 41.0 Å². The second kappa shape index (κ2) is 14.3. The van der Waals surface area contributed by atoms with Gasteiger partial charge in [0, 0.05) is 25.1 Å². The topological polar surface area (TPSA) is 123 Å². The van der Waals surface area contributed by atoms with Crippen molar-refractivity contribution in [3.05, 3.63) is 17.7 Å². The molecule has 0 radical (unpaired) electrons. The van der Waals surface area contributed by atoms with Crippen LogP contribution < -0.4 is 14.2 Å². The molecule has 0 spiro atoms. The number of nitrogens with zero attached hydrogens (tertiary/aromatic N) is 1. The molecular weight excluding hydrogens is 418 g/mol. The Morgan fingerprint density at radius 3 is 1.97 bits per heavy atom. The maximum Gasteiger partial charge on any atom is 0.303 e. The van der Waals surface area contributed by atoms with Crippen molar-refractivity contribution in [2.24, 2.45) is 5.92 Å². The summed E-state index contributed by atoms with van der Waals surface area (Å²) >= 11 is 0. The minimum atomic E-state index is -1.08. The van der Waals surface area contributed by atoms with E-state index in [1.807, 2.05) is 0 Å². The van der Waals surface area contributed by atoms with Crippen LogP contribution in [0.5, 0.6) is 17.2 Å². The van der Waals surface area contributed by atoms with Crippen LogP contribution in [0.3, 0.4) is 0 Å².